The molecular weight excluding hydrogens is 314 g/mol. The van der Waals surface area contributed by atoms with Crippen molar-refractivity contribution in [1.82, 2.24) is 15.2 Å². The van der Waals surface area contributed by atoms with E-state index in [1.165, 1.54) is 5.56 Å². The number of ether oxygens (including phenoxy) is 1. The number of benzene rings is 2. The highest BCUT2D eigenvalue weighted by atomic mass is 16.5. The van der Waals surface area contributed by atoms with Crippen molar-refractivity contribution in [3.8, 4) is 5.75 Å². The van der Waals surface area contributed by atoms with E-state index in [0.29, 0.717) is 11.8 Å². The number of hydrogen-bond acceptors (Lipinski definition) is 6. The van der Waals surface area contributed by atoms with E-state index in [-0.39, 0.29) is 0 Å². The van der Waals surface area contributed by atoms with Crippen molar-refractivity contribution in [2.24, 2.45) is 0 Å². The Labute approximate surface area is 147 Å². The second-order valence-electron chi connectivity index (χ2n) is 5.87. The molecule has 0 amide bonds. The Balaban J connectivity index is 1.85. The van der Waals surface area contributed by atoms with Crippen LogP contribution in [-0.2, 0) is 0 Å². The smallest absolute Gasteiger partial charge is 0.249 e. The van der Waals surface area contributed by atoms with Crippen LogP contribution in [0.5, 0.6) is 5.75 Å². The molecule has 0 bridgehead atoms. The monoisotopic (exact) mass is 335 g/mol. The van der Waals surface area contributed by atoms with Crippen LogP contribution in [0.2, 0.25) is 0 Å². The maximum absolute atomic E-state index is 5.39. The molecule has 2 N–H and O–H groups in total. The lowest BCUT2D eigenvalue weighted by Crippen LogP contribution is -2.04. The standard InChI is InChI=1S/C19H21N5O/c1-12-8-9-17(25-4)16(10-12)21-18-11-20-24-19(23-18)22-15-7-5-6-13(2)14(15)3/h5-11H,1-4H3,(H2,21,22,23,24). The van der Waals surface area contributed by atoms with Gasteiger partial charge in [0.05, 0.1) is 19.0 Å². The molecule has 0 saturated carbocycles. The number of nitrogens with zero attached hydrogens (tertiary/aromatic N) is 3. The number of aryl methyl sites for hydroxylation is 2. The zero-order valence-corrected chi connectivity index (χ0v) is 14.8. The highest BCUT2D eigenvalue weighted by molar-refractivity contribution is 5.66. The van der Waals surface area contributed by atoms with Gasteiger partial charge in [0.25, 0.3) is 0 Å². The predicted octanol–water partition coefficient (Wildman–Crippen LogP) is 4.29. The second-order valence-corrected chi connectivity index (χ2v) is 5.87. The van der Waals surface area contributed by atoms with Gasteiger partial charge in [-0.3, -0.25) is 0 Å². The first-order chi connectivity index (χ1) is 12.1. The van der Waals surface area contributed by atoms with Gasteiger partial charge in [-0.25, -0.2) is 0 Å². The number of methoxy groups -OCH3 is 1. The quantitative estimate of drug-likeness (QED) is 0.724. The molecule has 0 fully saturated rings. The molecule has 0 aliphatic heterocycles. The minimum absolute atomic E-state index is 0.435. The van der Waals surface area contributed by atoms with Crippen molar-refractivity contribution in [3.63, 3.8) is 0 Å². The molecule has 0 spiro atoms. The number of hydrogen-bond donors (Lipinski definition) is 2. The third kappa shape index (κ3) is 3.85. The van der Waals surface area contributed by atoms with Crippen LogP contribution < -0.4 is 15.4 Å². The van der Waals surface area contributed by atoms with Crippen LogP contribution >= 0.6 is 0 Å². The molecule has 1 heterocycles. The summed E-state index contributed by atoms with van der Waals surface area (Å²) in [6, 6.07) is 12.0. The molecule has 6 nitrogen and oxygen atoms in total. The van der Waals surface area contributed by atoms with Crippen molar-refractivity contribution in [3.05, 3.63) is 59.3 Å². The average molecular weight is 335 g/mol. The molecule has 3 aromatic rings. The lowest BCUT2D eigenvalue weighted by atomic mass is 10.1. The summed E-state index contributed by atoms with van der Waals surface area (Å²) in [4.78, 5) is 4.49. The number of rotatable bonds is 5. The summed E-state index contributed by atoms with van der Waals surface area (Å²) < 4.78 is 5.39. The van der Waals surface area contributed by atoms with E-state index in [0.717, 1.165) is 28.3 Å². The second kappa shape index (κ2) is 7.17. The van der Waals surface area contributed by atoms with Gasteiger partial charge in [0.2, 0.25) is 5.95 Å². The van der Waals surface area contributed by atoms with E-state index in [1.54, 1.807) is 13.3 Å². The van der Waals surface area contributed by atoms with Crippen LogP contribution in [0.1, 0.15) is 16.7 Å². The fourth-order valence-corrected chi connectivity index (χ4v) is 2.48. The summed E-state index contributed by atoms with van der Waals surface area (Å²) in [7, 11) is 1.64. The zero-order chi connectivity index (χ0) is 17.8. The molecule has 0 atom stereocenters. The first-order valence-electron chi connectivity index (χ1n) is 8.01. The molecule has 0 aliphatic rings. The molecule has 128 valence electrons. The first-order valence-corrected chi connectivity index (χ1v) is 8.01. The molecule has 2 aromatic carbocycles. The van der Waals surface area contributed by atoms with Gasteiger partial charge in [-0.1, -0.05) is 18.2 Å². The third-order valence-electron chi connectivity index (χ3n) is 4.03. The Morgan fingerprint density at radius 3 is 2.60 bits per heavy atom. The van der Waals surface area contributed by atoms with Gasteiger partial charge in [-0.2, -0.15) is 10.1 Å². The molecule has 3 rings (SSSR count). The van der Waals surface area contributed by atoms with Crippen LogP contribution in [0.25, 0.3) is 0 Å². The Morgan fingerprint density at radius 1 is 0.960 bits per heavy atom. The molecule has 1 aromatic heterocycles. The van der Waals surface area contributed by atoms with Crippen LogP contribution in [0.15, 0.2) is 42.6 Å². The van der Waals surface area contributed by atoms with Gasteiger partial charge in [-0.05, 0) is 55.7 Å². The minimum Gasteiger partial charge on any atom is -0.495 e. The molecule has 6 heteroatoms. The van der Waals surface area contributed by atoms with E-state index < -0.39 is 0 Å². The summed E-state index contributed by atoms with van der Waals surface area (Å²) in [5.41, 5.74) is 5.29. The van der Waals surface area contributed by atoms with E-state index in [1.807, 2.05) is 37.3 Å². The molecular formula is C19H21N5O. The molecule has 0 saturated heterocycles. The van der Waals surface area contributed by atoms with Gasteiger partial charge in [0, 0.05) is 5.69 Å². The molecule has 0 radical (unpaired) electrons. The van der Waals surface area contributed by atoms with Crippen molar-refractivity contribution in [2.45, 2.75) is 20.8 Å². The minimum atomic E-state index is 0.435. The van der Waals surface area contributed by atoms with E-state index in [4.69, 9.17) is 4.74 Å². The fourth-order valence-electron chi connectivity index (χ4n) is 2.48. The van der Waals surface area contributed by atoms with Gasteiger partial charge in [0.15, 0.2) is 5.82 Å². The van der Waals surface area contributed by atoms with Crippen LogP contribution in [0, 0.1) is 20.8 Å². The predicted molar refractivity (Wildman–Crippen MR) is 100 cm³/mol. The van der Waals surface area contributed by atoms with Crippen LogP contribution in [0.3, 0.4) is 0 Å². The van der Waals surface area contributed by atoms with Crippen molar-refractivity contribution in [2.75, 3.05) is 17.7 Å². The third-order valence-corrected chi connectivity index (χ3v) is 4.03. The summed E-state index contributed by atoms with van der Waals surface area (Å²) >= 11 is 0. The van der Waals surface area contributed by atoms with E-state index in [2.05, 4.69) is 45.7 Å². The maximum Gasteiger partial charge on any atom is 0.249 e. The summed E-state index contributed by atoms with van der Waals surface area (Å²) in [6.07, 6.45) is 1.58. The van der Waals surface area contributed by atoms with E-state index in [9.17, 15) is 0 Å². The van der Waals surface area contributed by atoms with E-state index >= 15 is 0 Å². The summed E-state index contributed by atoms with van der Waals surface area (Å²) in [5, 5.41) is 14.6. The van der Waals surface area contributed by atoms with Crippen molar-refractivity contribution >= 4 is 23.1 Å². The Morgan fingerprint density at radius 2 is 1.80 bits per heavy atom. The summed E-state index contributed by atoms with van der Waals surface area (Å²) in [6.45, 7) is 6.16. The largest absolute Gasteiger partial charge is 0.495 e. The van der Waals surface area contributed by atoms with Gasteiger partial charge < -0.3 is 15.4 Å². The van der Waals surface area contributed by atoms with Crippen molar-refractivity contribution in [1.29, 1.82) is 0 Å². The maximum atomic E-state index is 5.39. The van der Waals surface area contributed by atoms with Crippen LogP contribution in [-0.4, -0.2) is 22.3 Å². The Hall–Kier alpha value is -3.15. The Bertz CT molecular complexity index is 895. The van der Waals surface area contributed by atoms with Crippen LogP contribution in [0.4, 0.5) is 23.1 Å². The summed E-state index contributed by atoms with van der Waals surface area (Å²) in [5.74, 6) is 1.77. The van der Waals surface area contributed by atoms with Gasteiger partial charge in [-0.15, -0.1) is 5.10 Å². The SMILES string of the molecule is COc1ccc(C)cc1Nc1cnnc(Nc2cccc(C)c2C)n1. The molecule has 0 unspecified atom stereocenters. The zero-order valence-electron chi connectivity index (χ0n) is 14.8. The Kier molecular flexibility index (Phi) is 4.79. The highest BCUT2D eigenvalue weighted by Gasteiger charge is 2.08. The van der Waals surface area contributed by atoms with Gasteiger partial charge in [0.1, 0.15) is 5.75 Å². The molecule has 25 heavy (non-hydrogen) atoms. The number of nitrogens with one attached hydrogen (secondary N) is 2. The topological polar surface area (TPSA) is 72.0 Å². The lowest BCUT2D eigenvalue weighted by molar-refractivity contribution is 0.416. The number of anilines is 4. The van der Waals surface area contributed by atoms with Crippen molar-refractivity contribution < 1.29 is 4.74 Å². The normalized spacial score (nSPS) is 10.4. The average Bonchev–Trinajstić information content (AvgIpc) is 2.60. The highest BCUT2D eigenvalue weighted by Crippen LogP contribution is 2.28. The number of aromatic nitrogens is 3. The molecule has 0 aliphatic carbocycles. The first kappa shape index (κ1) is 16.7. The fraction of sp³-hybridized carbons (Fsp3) is 0.211. The van der Waals surface area contributed by atoms with Gasteiger partial charge >= 0.3 is 0 Å². The lowest BCUT2D eigenvalue weighted by Gasteiger charge is -2.13.